The highest BCUT2D eigenvalue weighted by atomic mass is 79.9. The van der Waals surface area contributed by atoms with Crippen molar-refractivity contribution in [2.75, 3.05) is 26.2 Å². The smallest absolute Gasteiger partial charge is 0.339 e. The summed E-state index contributed by atoms with van der Waals surface area (Å²) >= 11 is 3.32. The molecular formula is C13H16BrNO3. The third kappa shape index (κ3) is 3.46. The Morgan fingerprint density at radius 2 is 2.11 bits per heavy atom. The zero-order chi connectivity index (χ0) is 13.0. The predicted octanol–water partition coefficient (Wildman–Crippen LogP) is 2.62. The van der Waals surface area contributed by atoms with Gasteiger partial charge in [-0.05, 0) is 44.1 Å². The van der Waals surface area contributed by atoms with E-state index in [2.05, 4.69) is 20.8 Å². The Morgan fingerprint density at radius 1 is 1.39 bits per heavy atom. The van der Waals surface area contributed by atoms with Gasteiger partial charge in [-0.1, -0.05) is 15.9 Å². The van der Waals surface area contributed by atoms with Gasteiger partial charge < -0.3 is 9.84 Å². The Balaban J connectivity index is 1.94. The Hall–Kier alpha value is -1.07. The predicted molar refractivity (Wildman–Crippen MR) is 72.3 cm³/mol. The molecule has 0 unspecified atom stereocenters. The zero-order valence-electron chi connectivity index (χ0n) is 10.1. The summed E-state index contributed by atoms with van der Waals surface area (Å²) in [5.74, 6) is -0.533. The summed E-state index contributed by atoms with van der Waals surface area (Å²) in [4.78, 5) is 13.4. The molecule has 2 rings (SSSR count). The van der Waals surface area contributed by atoms with Crippen LogP contribution in [0.3, 0.4) is 0 Å². The fourth-order valence-corrected chi connectivity index (χ4v) is 2.42. The average Bonchev–Trinajstić information content (AvgIpc) is 2.82. The van der Waals surface area contributed by atoms with Crippen molar-refractivity contribution in [1.29, 1.82) is 0 Å². The average molecular weight is 314 g/mol. The number of hydrogen-bond acceptors (Lipinski definition) is 3. The Kier molecular flexibility index (Phi) is 4.60. The second kappa shape index (κ2) is 6.20. The summed E-state index contributed by atoms with van der Waals surface area (Å²) in [7, 11) is 0. The molecule has 1 heterocycles. The number of nitrogens with zero attached hydrogens (tertiary/aromatic N) is 1. The van der Waals surface area contributed by atoms with Crippen LogP contribution in [0.5, 0.6) is 5.75 Å². The van der Waals surface area contributed by atoms with Crippen LogP contribution in [0.25, 0.3) is 0 Å². The van der Waals surface area contributed by atoms with Crippen molar-refractivity contribution in [2.45, 2.75) is 12.8 Å². The number of hydrogen-bond donors (Lipinski definition) is 1. The highest BCUT2D eigenvalue weighted by molar-refractivity contribution is 9.10. The number of carboxylic acids is 1. The molecule has 1 saturated heterocycles. The quantitative estimate of drug-likeness (QED) is 0.908. The molecule has 0 aliphatic carbocycles. The Labute approximate surface area is 115 Å². The van der Waals surface area contributed by atoms with Gasteiger partial charge in [-0.3, -0.25) is 4.90 Å². The monoisotopic (exact) mass is 313 g/mol. The van der Waals surface area contributed by atoms with Crippen molar-refractivity contribution in [2.24, 2.45) is 0 Å². The first-order chi connectivity index (χ1) is 8.66. The van der Waals surface area contributed by atoms with Crippen LogP contribution in [-0.4, -0.2) is 42.2 Å². The number of likely N-dealkylation sites (tertiary alicyclic amines) is 1. The molecule has 0 aromatic heterocycles. The molecule has 1 aliphatic heterocycles. The van der Waals surface area contributed by atoms with E-state index in [1.807, 2.05) is 0 Å². The molecule has 0 saturated carbocycles. The summed E-state index contributed by atoms with van der Waals surface area (Å²) < 4.78 is 6.41. The minimum absolute atomic E-state index is 0.208. The van der Waals surface area contributed by atoms with Crippen LogP contribution in [0.2, 0.25) is 0 Å². The number of benzene rings is 1. The molecule has 0 amide bonds. The lowest BCUT2D eigenvalue weighted by Crippen LogP contribution is -2.25. The first-order valence-electron chi connectivity index (χ1n) is 6.05. The van der Waals surface area contributed by atoms with E-state index in [9.17, 15) is 4.79 Å². The van der Waals surface area contributed by atoms with Crippen molar-refractivity contribution >= 4 is 21.9 Å². The molecule has 1 aromatic rings. The minimum Gasteiger partial charge on any atom is -0.491 e. The zero-order valence-corrected chi connectivity index (χ0v) is 11.6. The van der Waals surface area contributed by atoms with Crippen LogP contribution < -0.4 is 4.74 Å². The SMILES string of the molecule is O=C(O)c1ccc(Br)cc1OCCN1CCCC1. The highest BCUT2D eigenvalue weighted by Crippen LogP contribution is 2.23. The lowest BCUT2D eigenvalue weighted by molar-refractivity contribution is 0.0691. The fraction of sp³-hybridized carbons (Fsp3) is 0.462. The maximum Gasteiger partial charge on any atom is 0.339 e. The summed E-state index contributed by atoms with van der Waals surface area (Å²) in [5, 5.41) is 9.06. The van der Waals surface area contributed by atoms with Gasteiger partial charge in [-0.15, -0.1) is 0 Å². The van der Waals surface area contributed by atoms with E-state index in [1.54, 1.807) is 18.2 Å². The van der Waals surface area contributed by atoms with Gasteiger partial charge in [-0.25, -0.2) is 4.79 Å². The number of halogens is 1. The van der Waals surface area contributed by atoms with Crippen molar-refractivity contribution in [3.8, 4) is 5.75 Å². The molecule has 1 aliphatic rings. The molecule has 1 N–H and O–H groups in total. The number of carboxylic acid groups (broad SMARTS) is 1. The van der Waals surface area contributed by atoms with Crippen LogP contribution in [0.4, 0.5) is 0 Å². The van der Waals surface area contributed by atoms with Gasteiger partial charge in [0.25, 0.3) is 0 Å². The molecule has 1 fully saturated rings. The van der Waals surface area contributed by atoms with Gasteiger partial charge in [0.1, 0.15) is 17.9 Å². The molecule has 0 radical (unpaired) electrons. The van der Waals surface area contributed by atoms with Gasteiger partial charge in [0.15, 0.2) is 0 Å². The first kappa shape index (κ1) is 13.4. The molecule has 5 heteroatoms. The van der Waals surface area contributed by atoms with Crippen LogP contribution in [-0.2, 0) is 0 Å². The fourth-order valence-electron chi connectivity index (χ4n) is 2.08. The molecule has 98 valence electrons. The first-order valence-corrected chi connectivity index (χ1v) is 6.84. The van der Waals surface area contributed by atoms with Crippen LogP contribution in [0.1, 0.15) is 23.2 Å². The third-order valence-electron chi connectivity index (χ3n) is 3.04. The maximum atomic E-state index is 11.0. The Bertz CT molecular complexity index is 430. The van der Waals surface area contributed by atoms with Gasteiger partial charge in [-0.2, -0.15) is 0 Å². The normalized spacial score (nSPS) is 15.8. The molecule has 0 spiro atoms. The van der Waals surface area contributed by atoms with Crippen LogP contribution in [0, 0.1) is 0 Å². The summed E-state index contributed by atoms with van der Waals surface area (Å²) in [6.07, 6.45) is 2.49. The van der Waals surface area contributed by atoms with E-state index in [4.69, 9.17) is 9.84 Å². The van der Waals surface area contributed by atoms with E-state index in [0.717, 1.165) is 24.1 Å². The summed E-state index contributed by atoms with van der Waals surface area (Å²) in [5.41, 5.74) is 0.208. The topological polar surface area (TPSA) is 49.8 Å². The highest BCUT2D eigenvalue weighted by Gasteiger charge is 2.14. The van der Waals surface area contributed by atoms with Crippen LogP contribution >= 0.6 is 15.9 Å². The summed E-state index contributed by atoms with van der Waals surface area (Å²) in [6.45, 7) is 3.61. The Morgan fingerprint density at radius 3 is 2.78 bits per heavy atom. The van der Waals surface area contributed by atoms with Crippen molar-refractivity contribution in [1.82, 2.24) is 4.90 Å². The molecule has 0 bridgehead atoms. The summed E-state index contributed by atoms with van der Waals surface area (Å²) in [6, 6.07) is 4.96. The molecule has 18 heavy (non-hydrogen) atoms. The standard InChI is InChI=1S/C13H16BrNO3/c14-10-3-4-11(13(16)17)12(9-10)18-8-7-15-5-1-2-6-15/h3-4,9H,1-2,5-8H2,(H,16,17). The van der Waals surface area contributed by atoms with Gasteiger partial charge >= 0.3 is 5.97 Å². The van der Waals surface area contributed by atoms with Gasteiger partial charge in [0.2, 0.25) is 0 Å². The second-order valence-electron chi connectivity index (χ2n) is 4.34. The largest absolute Gasteiger partial charge is 0.491 e. The van der Waals surface area contributed by atoms with Gasteiger partial charge in [0.05, 0.1) is 0 Å². The lowest BCUT2D eigenvalue weighted by atomic mass is 10.2. The molecular weight excluding hydrogens is 298 g/mol. The maximum absolute atomic E-state index is 11.0. The number of carbonyl (C=O) groups is 1. The lowest BCUT2D eigenvalue weighted by Gasteiger charge is -2.15. The van der Waals surface area contributed by atoms with Gasteiger partial charge in [0, 0.05) is 11.0 Å². The van der Waals surface area contributed by atoms with Crippen LogP contribution in [0.15, 0.2) is 22.7 Å². The number of aromatic carboxylic acids is 1. The third-order valence-corrected chi connectivity index (χ3v) is 3.53. The van der Waals surface area contributed by atoms with Crippen molar-refractivity contribution < 1.29 is 14.6 Å². The molecule has 4 nitrogen and oxygen atoms in total. The minimum atomic E-state index is -0.960. The molecule has 1 aromatic carbocycles. The number of rotatable bonds is 5. The van der Waals surface area contributed by atoms with E-state index in [1.165, 1.54) is 12.8 Å². The van der Waals surface area contributed by atoms with Crippen molar-refractivity contribution in [3.05, 3.63) is 28.2 Å². The second-order valence-corrected chi connectivity index (χ2v) is 5.26. The van der Waals surface area contributed by atoms with E-state index in [0.29, 0.717) is 12.4 Å². The van der Waals surface area contributed by atoms with E-state index >= 15 is 0 Å². The molecule has 0 atom stereocenters. The van der Waals surface area contributed by atoms with Crippen molar-refractivity contribution in [3.63, 3.8) is 0 Å². The number of ether oxygens (including phenoxy) is 1. The van der Waals surface area contributed by atoms with E-state index < -0.39 is 5.97 Å². The van der Waals surface area contributed by atoms with E-state index in [-0.39, 0.29) is 5.56 Å².